The number of halogens is 4. The Labute approximate surface area is 97.0 Å². The molecule has 0 radical (unpaired) electrons. The van der Waals surface area contributed by atoms with Gasteiger partial charge in [-0.15, -0.1) is 12.4 Å². The van der Waals surface area contributed by atoms with Crippen LogP contribution in [0.15, 0.2) is 24.3 Å². The van der Waals surface area contributed by atoms with E-state index in [0.29, 0.717) is 5.56 Å². The highest BCUT2D eigenvalue weighted by atomic mass is 35.5. The topological polar surface area (TPSA) is 35.2 Å². The maximum absolute atomic E-state index is 12.8. The van der Waals surface area contributed by atoms with Crippen LogP contribution >= 0.6 is 12.4 Å². The van der Waals surface area contributed by atoms with Gasteiger partial charge in [0.1, 0.15) is 5.75 Å². The van der Waals surface area contributed by atoms with Crippen LogP contribution in [0.1, 0.15) is 5.56 Å². The van der Waals surface area contributed by atoms with Gasteiger partial charge in [-0.1, -0.05) is 18.2 Å². The van der Waals surface area contributed by atoms with Crippen molar-refractivity contribution in [2.24, 2.45) is 5.73 Å². The SMILES string of the molecule is Cl.NCC1(C(F)(F)F)Cc2ccccc2O1. The standard InChI is InChI=1S/C10H10F3NO.ClH/c11-10(12,13)9(6-14)5-7-3-1-2-4-8(7)15-9;/h1-4H,5-6,14H2;1H. The van der Waals surface area contributed by atoms with Crippen molar-refractivity contribution in [1.29, 1.82) is 0 Å². The van der Waals surface area contributed by atoms with E-state index in [1.807, 2.05) is 0 Å². The van der Waals surface area contributed by atoms with E-state index in [0.717, 1.165) is 0 Å². The van der Waals surface area contributed by atoms with Gasteiger partial charge in [-0.05, 0) is 11.6 Å². The van der Waals surface area contributed by atoms with Crippen LogP contribution in [0.4, 0.5) is 13.2 Å². The van der Waals surface area contributed by atoms with Crippen LogP contribution in [0.3, 0.4) is 0 Å². The molecule has 1 unspecified atom stereocenters. The van der Waals surface area contributed by atoms with Crippen LogP contribution in [0.5, 0.6) is 5.75 Å². The van der Waals surface area contributed by atoms with Gasteiger partial charge in [-0.25, -0.2) is 0 Å². The third kappa shape index (κ3) is 1.85. The molecule has 1 atom stereocenters. The highest BCUT2D eigenvalue weighted by Crippen LogP contribution is 2.43. The van der Waals surface area contributed by atoms with E-state index < -0.39 is 18.3 Å². The van der Waals surface area contributed by atoms with Crippen molar-refractivity contribution in [2.45, 2.75) is 18.2 Å². The number of hydrogen-bond acceptors (Lipinski definition) is 2. The average Bonchev–Trinajstić information content (AvgIpc) is 2.56. The molecule has 1 heterocycles. The van der Waals surface area contributed by atoms with Crippen LogP contribution < -0.4 is 10.5 Å². The lowest BCUT2D eigenvalue weighted by Crippen LogP contribution is -2.55. The van der Waals surface area contributed by atoms with Gasteiger partial charge < -0.3 is 10.5 Å². The first-order valence-corrected chi connectivity index (χ1v) is 4.52. The Morgan fingerprint density at radius 3 is 2.44 bits per heavy atom. The quantitative estimate of drug-likeness (QED) is 0.834. The van der Waals surface area contributed by atoms with Crippen molar-refractivity contribution in [3.63, 3.8) is 0 Å². The van der Waals surface area contributed by atoms with E-state index in [1.54, 1.807) is 18.2 Å². The zero-order chi connectivity index (χ0) is 11.1. The van der Waals surface area contributed by atoms with Gasteiger partial charge in [0.15, 0.2) is 0 Å². The van der Waals surface area contributed by atoms with Crippen LogP contribution in [-0.4, -0.2) is 18.3 Å². The zero-order valence-electron chi connectivity index (χ0n) is 8.25. The molecule has 90 valence electrons. The van der Waals surface area contributed by atoms with Crippen LogP contribution in [-0.2, 0) is 6.42 Å². The van der Waals surface area contributed by atoms with Gasteiger partial charge in [-0.3, -0.25) is 0 Å². The Morgan fingerprint density at radius 1 is 1.31 bits per heavy atom. The third-order valence-electron chi connectivity index (χ3n) is 2.60. The molecular weight excluding hydrogens is 243 g/mol. The fourth-order valence-corrected chi connectivity index (χ4v) is 1.69. The molecule has 0 fully saturated rings. The maximum Gasteiger partial charge on any atom is 0.429 e. The molecule has 0 aromatic heterocycles. The molecule has 0 amide bonds. The van der Waals surface area contributed by atoms with Crippen LogP contribution in [0.25, 0.3) is 0 Å². The van der Waals surface area contributed by atoms with Crippen LogP contribution in [0.2, 0.25) is 0 Å². The number of fused-ring (bicyclic) bond motifs is 1. The fourth-order valence-electron chi connectivity index (χ4n) is 1.69. The summed E-state index contributed by atoms with van der Waals surface area (Å²) < 4.78 is 43.3. The molecule has 2 rings (SSSR count). The lowest BCUT2D eigenvalue weighted by Gasteiger charge is -2.29. The summed E-state index contributed by atoms with van der Waals surface area (Å²) in [6, 6.07) is 6.48. The molecule has 0 saturated heterocycles. The molecule has 1 aromatic carbocycles. The van der Waals surface area contributed by atoms with E-state index in [-0.39, 0.29) is 24.6 Å². The number of nitrogens with two attached hydrogens (primary N) is 1. The second kappa shape index (κ2) is 4.14. The molecular formula is C10H11ClF3NO. The first-order valence-electron chi connectivity index (χ1n) is 4.52. The predicted octanol–water partition coefficient (Wildman–Crippen LogP) is 2.30. The van der Waals surface area contributed by atoms with E-state index in [2.05, 4.69) is 0 Å². The van der Waals surface area contributed by atoms with Crippen molar-refractivity contribution in [3.8, 4) is 5.75 Å². The first kappa shape index (κ1) is 13.1. The van der Waals surface area contributed by atoms with Crippen molar-refractivity contribution < 1.29 is 17.9 Å². The second-order valence-electron chi connectivity index (χ2n) is 3.58. The Morgan fingerprint density at radius 2 is 1.94 bits per heavy atom. The van der Waals surface area contributed by atoms with Gasteiger partial charge in [0.2, 0.25) is 5.60 Å². The Bertz CT molecular complexity index is 356. The molecule has 0 spiro atoms. The average molecular weight is 254 g/mol. The molecule has 16 heavy (non-hydrogen) atoms. The normalized spacial score (nSPS) is 23.2. The van der Waals surface area contributed by atoms with Gasteiger partial charge in [-0.2, -0.15) is 13.2 Å². The summed E-state index contributed by atoms with van der Waals surface area (Å²) in [6.07, 6.45) is -4.65. The minimum Gasteiger partial charge on any atom is -0.476 e. The van der Waals surface area contributed by atoms with Gasteiger partial charge in [0, 0.05) is 13.0 Å². The lowest BCUT2D eigenvalue weighted by molar-refractivity contribution is -0.238. The summed E-state index contributed by atoms with van der Waals surface area (Å²) in [5, 5.41) is 0. The van der Waals surface area contributed by atoms with Crippen molar-refractivity contribution >= 4 is 12.4 Å². The molecule has 2 nitrogen and oxygen atoms in total. The predicted molar refractivity (Wildman–Crippen MR) is 55.9 cm³/mol. The van der Waals surface area contributed by atoms with Crippen molar-refractivity contribution in [2.75, 3.05) is 6.54 Å². The lowest BCUT2D eigenvalue weighted by atomic mass is 9.97. The number of hydrogen-bond donors (Lipinski definition) is 1. The minimum atomic E-state index is -4.44. The largest absolute Gasteiger partial charge is 0.476 e. The molecule has 6 heteroatoms. The van der Waals surface area contributed by atoms with Gasteiger partial charge in [0.25, 0.3) is 0 Å². The number of alkyl halides is 3. The van der Waals surface area contributed by atoms with Crippen LogP contribution in [0, 0.1) is 0 Å². The molecule has 2 N–H and O–H groups in total. The molecule has 0 saturated carbocycles. The van der Waals surface area contributed by atoms with E-state index in [9.17, 15) is 13.2 Å². The molecule has 0 bridgehead atoms. The van der Waals surface area contributed by atoms with Gasteiger partial charge >= 0.3 is 6.18 Å². The monoisotopic (exact) mass is 253 g/mol. The Hall–Kier alpha value is -0.940. The smallest absolute Gasteiger partial charge is 0.429 e. The van der Waals surface area contributed by atoms with E-state index in [4.69, 9.17) is 10.5 Å². The Kier molecular flexibility index (Phi) is 3.40. The highest BCUT2D eigenvalue weighted by Gasteiger charge is 2.59. The number of rotatable bonds is 1. The first-order chi connectivity index (χ1) is 6.98. The zero-order valence-corrected chi connectivity index (χ0v) is 9.07. The summed E-state index contributed by atoms with van der Waals surface area (Å²) in [5.41, 5.74) is 3.51. The number of ether oxygens (including phenoxy) is 1. The molecule has 0 aliphatic carbocycles. The third-order valence-corrected chi connectivity index (χ3v) is 2.60. The summed E-state index contributed by atoms with van der Waals surface area (Å²) in [7, 11) is 0. The fraction of sp³-hybridized carbons (Fsp3) is 0.400. The summed E-state index contributed by atoms with van der Waals surface area (Å²) >= 11 is 0. The van der Waals surface area contributed by atoms with Crippen molar-refractivity contribution in [3.05, 3.63) is 29.8 Å². The van der Waals surface area contributed by atoms with E-state index in [1.165, 1.54) is 6.07 Å². The minimum absolute atomic E-state index is 0. The molecule has 1 aliphatic heterocycles. The number of benzene rings is 1. The molecule has 1 aliphatic rings. The van der Waals surface area contributed by atoms with E-state index >= 15 is 0 Å². The number of para-hydroxylation sites is 1. The Balaban J connectivity index is 0.00000128. The van der Waals surface area contributed by atoms with Gasteiger partial charge in [0.05, 0.1) is 0 Å². The van der Waals surface area contributed by atoms with Crippen molar-refractivity contribution in [1.82, 2.24) is 0 Å². The summed E-state index contributed by atoms with van der Waals surface area (Å²) in [6.45, 7) is -0.564. The maximum atomic E-state index is 12.8. The second-order valence-corrected chi connectivity index (χ2v) is 3.58. The molecule has 1 aromatic rings. The summed E-state index contributed by atoms with van der Waals surface area (Å²) in [4.78, 5) is 0. The summed E-state index contributed by atoms with van der Waals surface area (Å²) in [5.74, 6) is 0.278. The highest BCUT2D eigenvalue weighted by molar-refractivity contribution is 5.85.